The van der Waals surface area contributed by atoms with Crippen LogP contribution in [0.5, 0.6) is 0 Å². The van der Waals surface area contributed by atoms with Crippen molar-refractivity contribution in [3.05, 3.63) is 0 Å². The van der Waals surface area contributed by atoms with E-state index in [0.717, 1.165) is 25.7 Å². The SMILES string of the molecule is CC(C)(C)CCCCC[C@@H](CC(=O)CC[C@@H](NC(C)(C)C)C(=O)O)C(=O)O. The molecule has 0 radical (unpaired) electrons. The van der Waals surface area contributed by atoms with Crippen molar-refractivity contribution < 1.29 is 24.6 Å². The van der Waals surface area contributed by atoms with Crippen LogP contribution >= 0.6 is 0 Å². The second-order valence-corrected chi connectivity index (χ2v) is 9.76. The highest BCUT2D eigenvalue weighted by molar-refractivity contribution is 5.84. The van der Waals surface area contributed by atoms with E-state index in [0.29, 0.717) is 6.42 Å². The van der Waals surface area contributed by atoms with Gasteiger partial charge in [0.15, 0.2) is 0 Å². The van der Waals surface area contributed by atoms with Gasteiger partial charge in [-0.05, 0) is 45.4 Å². The Labute approximate surface area is 164 Å². The molecule has 0 rings (SSSR count). The first kappa shape index (κ1) is 25.6. The number of nitrogens with one attached hydrogen (secondary N) is 1. The maximum absolute atomic E-state index is 12.2. The van der Waals surface area contributed by atoms with E-state index in [1.165, 1.54) is 0 Å². The summed E-state index contributed by atoms with van der Waals surface area (Å²) in [5.41, 5.74) is -0.0906. The average molecular weight is 386 g/mol. The third-order valence-electron chi connectivity index (χ3n) is 4.42. The van der Waals surface area contributed by atoms with E-state index in [1.54, 1.807) is 0 Å². The fourth-order valence-corrected chi connectivity index (χ4v) is 3.00. The number of rotatable bonds is 13. The standard InChI is InChI=1S/C21H39NO5/c1-20(2,3)13-9-7-8-10-15(18(24)25)14-16(23)11-12-17(19(26)27)22-21(4,5)6/h15,17,22H,7-14H2,1-6H3,(H,24,25)(H,26,27)/t15-,17+/m0/s1. The number of unbranched alkanes of at least 4 members (excludes halogenated alkanes) is 2. The fraction of sp³-hybridized carbons (Fsp3) is 0.857. The Morgan fingerprint density at radius 2 is 1.44 bits per heavy atom. The van der Waals surface area contributed by atoms with Crippen molar-refractivity contribution in [2.45, 2.75) is 104 Å². The minimum absolute atomic E-state index is 0.0174. The van der Waals surface area contributed by atoms with Crippen LogP contribution in [0.3, 0.4) is 0 Å². The van der Waals surface area contributed by atoms with E-state index in [-0.39, 0.29) is 36.0 Å². The van der Waals surface area contributed by atoms with Gasteiger partial charge in [-0.2, -0.15) is 0 Å². The first-order valence-corrected chi connectivity index (χ1v) is 9.96. The number of carboxylic acids is 2. The van der Waals surface area contributed by atoms with Gasteiger partial charge in [-0.3, -0.25) is 19.7 Å². The van der Waals surface area contributed by atoms with Gasteiger partial charge in [-0.15, -0.1) is 0 Å². The van der Waals surface area contributed by atoms with E-state index < -0.39 is 23.9 Å². The Hall–Kier alpha value is -1.43. The van der Waals surface area contributed by atoms with Gasteiger partial charge in [-0.25, -0.2) is 0 Å². The van der Waals surface area contributed by atoms with Crippen LogP contribution < -0.4 is 5.32 Å². The molecule has 0 aromatic heterocycles. The molecule has 6 nitrogen and oxygen atoms in total. The number of carboxylic acid groups (broad SMARTS) is 2. The van der Waals surface area contributed by atoms with Gasteiger partial charge in [0.05, 0.1) is 5.92 Å². The Bertz CT molecular complexity index is 488. The summed E-state index contributed by atoms with van der Waals surface area (Å²) in [5.74, 6) is -2.79. The summed E-state index contributed by atoms with van der Waals surface area (Å²) in [5, 5.41) is 21.6. The molecule has 0 aliphatic carbocycles. The van der Waals surface area contributed by atoms with Crippen molar-refractivity contribution in [2.75, 3.05) is 0 Å². The van der Waals surface area contributed by atoms with Crippen LogP contribution in [-0.2, 0) is 14.4 Å². The van der Waals surface area contributed by atoms with Crippen LogP contribution in [0, 0.1) is 11.3 Å². The number of aliphatic carboxylic acids is 2. The maximum Gasteiger partial charge on any atom is 0.320 e. The summed E-state index contributed by atoms with van der Waals surface area (Å²) < 4.78 is 0. The highest BCUT2D eigenvalue weighted by atomic mass is 16.4. The van der Waals surface area contributed by atoms with Gasteiger partial charge >= 0.3 is 11.9 Å². The highest BCUT2D eigenvalue weighted by Crippen LogP contribution is 2.23. The van der Waals surface area contributed by atoms with Crippen molar-refractivity contribution in [1.29, 1.82) is 0 Å². The maximum atomic E-state index is 12.2. The molecule has 0 saturated carbocycles. The van der Waals surface area contributed by atoms with Crippen molar-refractivity contribution in [2.24, 2.45) is 11.3 Å². The highest BCUT2D eigenvalue weighted by Gasteiger charge is 2.26. The Morgan fingerprint density at radius 1 is 0.852 bits per heavy atom. The zero-order valence-electron chi connectivity index (χ0n) is 17.9. The quantitative estimate of drug-likeness (QED) is 0.409. The van der Waals surface area contributed by atoms with Gasteiger partial charge in [0.25, 0.3) is 0 Å². The average Bonchev–Trinajstić information content (AvgIpc) is 2.47. The number of hydrogen-bond donors (Lipinski definition) is 3. The molecule has 2 atom stereocenters. The molecule has 0 aromatic carbocycles. The van der Waals surface area contributed by atoms with E-state index in [1.807, 2.05) is 20.8 Å². The summed E-state index contributed by atoms with van der Waals surface area (Å²) in [6.45, 7) is 12.2. The lowest BCUT2D eigenvalue weighted by Crippen LogP contribution is -2.47. The summed E-state index contributed by atoms with van der Waals surface area (Å²) in [6.07, 6.45) is 4.64. The minimum atomic E-state index is -0.994. The summed E-state index contributed by atoms with van der Waals surface area (Å²) in [7, 11) is 0. The van der Waals surface area contributed by atoms with Crippen LogP contribution in [0.15, 0.2) is 0 Å². The van der Waals surface area contributed by atoms with Crippen molar-refractivity contribution in [3.63, 3.8) is 0 Å². The molecule has 0 saturated heterocycles. The lowest BCUT2D eigenvalue weighted by Gasteiger charge is -2.26. The predicted octanol–water partition coefficient (Wildman–Crippen LogP) is 4.26. The predicted molar refractivity (Wildman–Crippen MR) is 107 cm³/mol. The molecule has 0 bridgehead atoms. The minimum Gasteiger partial charge on any atom is -0.481 e. The van der Waals surface area contributed by atoms with Gasteiger partial charge in [0.1, 0.15) is 11.8 Å². The topological polar surface area (TPSA) is 104 Å². The molecule has 0 spiro atoms. The van der Waals surface area contributed by atoms with Crippen LogP contribution in [0.1, 0.15) is 92.9 Å². The molecule has 0 unspecified atom stereocenters. The largest absolute Gasteiger partial charge is 0.481 e. The number of ketones is 1. The second-order valence-electron chi connectivity index (χ2n) is 9.76. The fourth-order valence-electron chi connectivity index (χ4n) is 3.00. The van der Waals surface area contributed by atoms with Gasteiger partial charge in [0, 0.05) is 18.4 Å². The number of Topliss-reactive ketones (excluding diaryl/α,β-unsaturated/α-hetero) is 1. The van der Waals surface area contributed by atoms with Crippen molar-refractivity contribution >= 4 is 17.7 Å². The molecule has 0 aliphatic rings. The van der Waals surface area contributed by atoms with Gasteiger partial charge < -0.3 is 10.2 Å². The van der Waals surface area contributed by atoms with Crippen molar-refractivity contribution in [3.8, 4) is 0 Å². The smallest absolute Gasteiger partial charge is 0.320 e. The van der Waals surface area contributed by atoms with Crippen LogP contribution in [0.25, 0.3) is 0 Å². The Morgan fingerprint density at radius 3 is 1.89 bits per heavy atom. The molecule has 0 fully saturated rings. The lowest BCUT2D eigenvalue weighted by molar-refractivity contribution is -0.144. The van der Waals surface area contributed by atoms with Crippen molar-refractivity contribution in [1.82, 2.24) is 5.32 Å². The molecule has 158 valence electrons. The summed E-state index contributed by atoms with van der Waals surface area (Å²) in [4.78, 5) is 34.9. The molecular formula is C21H39NO5. The number of hydrogen-bond acceptors (Lipinski definition) is 4. The summed E-state index contributed by atoms with van der Waals surface area (Å²) >= 11 is 0. The first-order chi connectivity index (χ1) is 12.2. The Balaban J connectivity index is 4.38. The van der Waals surface area contributed by atoms with Crippen LogP contribution in [-0.4, -0.2) is 39.5 Å². The molecule has 3 N–H and O–H groups in total. The third-order valence-corrected chi connectivity index (χ3v) is 4.42. The van der Waals surface area contributed by atoms with Crippen LogP contribution in [0.2, 0.25) is 0 Å². The third kappa shape index (κ3) is 14.3. The first-order valence-electron chi connectivity index (χ1n) is 9.96. The van der Waals surface area contributed by atoms with Gasteiger partial charge in [-0.1, -0.05) is 40.0 Å². The molecule has 0 aromatic rings. The van der Waals surface area contributed by atoms with E-state index in [9.17, 15) is 24.6 Å². The zero-order chi connectivity index (χ0) is 21.3. The lowest BCUT2D eigenvalue weighted by atomic mass is 9.88. The van der Waals surface area contributed by atoms with Gasteiger partial charge in [0.2, 0.25) is 0 Å². The zero-order valence-corrected chi connectivity index (χ0v) is 17.9. The summed E-state index contributed by atoms with van der Waals surface area (Å²) in [6, 6.07) is -0.811. The van der Waals surface area contributed by atoms with E-state index >= 15 is 0 Å². The number of carbonyl (C=O) groups excluding carboxylic acids is 1. The molecule has 0 heterocycles. The molecular weight excluding hydrogens is 346 g/mol. The second kappa shape index (κ2) is 11.4. The molecule has 6 heteroatoms. The van der Waals surface area contributed by atoms with Crippen LogP contribution in [0.4, 0.5) is 0 Å². The molecule has 0 aliphatic heterocycles. The molecule has 0 amide bonds. The Kier molecular flexibility index (Phi) is 10.8. The number of carbonyl (C=O) groups is 3. The van der Waals surface area contributed by atoms with E-state index in [2.05, 4.69) is 26.1 Å². The normalized spacial score (nSPS) is 14.6. The molecule has 27 heavy (non-hydrogen) atoms. The van der Waals surface area contributed by atoms with E-state index in [4.69, 9.17) is 0 Å². The monoisotopic (exact) mass is 385 g/mol.